The smallest absolute Gasteiger partial charge is 0.162 e. The third kappa shape index (κ3) is 3.08. The monoisotopic (exact) mass is 361 g/mol. The molecule has 27 heavy (non-hydrogen) atoms. The van der Waals surface area contributed by atoms with Gasteiger partial charge in [0.1, 0.15) is 11.6 Å². The molecule has 2 aliphatic rings. The minimum Gasteiger partial charge on any atom is -0.373 e. The van der Waals surface area contributed by atoms with Crippen LogP contribution in [0.1, 0.15) is 24.3 Å². The fourth-order valence-electron chi connectivity index (χ4n) is 3.73. The Morgan fingerprint density at radius 1 is 1.15 bits per heavy atom. The molecule has 0 radical (unpaired) electrons. The first kappa shape index (κ1) is 16.4. The number of hydrogen-bond donors (Lipinski definition) is 2. The van der Waals surface area contributed by atoms with Crippen molar-refractivity contribution in [3.05, 3.63) is 36.3 Å². The highest BCUT2D eigenvalue weighted by molar-refractivity contribution is 5.94. The van der Waals surface area contributed by atoms with Gasteiger partial charge < -0.3 is 15.5 Å². The van der Waals surface area contributed by atoms with E-state index in [-0.39, 0.29) is 0 Å². The van der Waals surface area contributed by atoms with Crippen LogP contribution in [0.4, 0.5) is 11.6 Å². The van der Waals surface area contributed by atoms with Gasteiger partial charge in [-0.3, -0.25) is 4.98 Å². The molecule has 3 aromatic rings. The lowest BCUT2D eigenvalue weighted by Gasteiger charge is -2.30. The van der Waals surface area contributed by atoms with E-state index in [9.17, 15) is 0 Å². The van der Waals surface area contributed by atoms with Gasteiger partial charge in [-0.05, 0) is 36.5 Å². The second kappa shape index (κ2) is 6.74. The predicted molar refractivity (Wildman–Crippen MR) is 107 cm³/mol. The number of fused-ring (bicyclic) bond motifs is 1. The number of pyridine rings is 2. The Bertz CT molecular complexity index is 977. The lowest BCUT2D eigenvalue weighted by molar-refractivity contribution is 0.586. The fraction of sp³-hybridized carbons (Fsp3) is 0.400. The Labute approximate surface area is 158 Å². The lowest BCUT2D eigenvalue weighted by Crippen LogP contribution is -2.44. The van der Waals surface area contributed by atoms with Crippen LogP contribution in [0.3, 0.4) is 0 Å². The summed E-state index contributed by atoms with van der Waals surface area (Å²) >= 11 is 0. The molecule has 1 saturated heterocycles. The van der Waals surface area contributed by atoms with E-state index in [0.717, 1.165) is 54.7 Å². The first-order valence-electron chi connectivity index (χ1n) is 9.59. The maximum atomic E-state index is 5.04. The molecule has 2 N–H and O–H groups in total. The predicted octanol–water partition coefficient (Wildman–Crippen LogP) is 2.42. The average molecular weight is 361 g/mol. The van der Waals surface area contributed by atoms with Gasteiger partial charge in [-0.25, -0.2) is 15.0 Å². The standard InChI is InChI=1S/C20H23N7/c1-21-17-10-14(4-5-24-17)19-25-16-12-23-11-15(13-2-3-13)18(16)20(26-19)27-8-6-22-7-9-27/h4-5,10-13,22H,2-3,6-9H2,1H3,(H,21,24). The third-order valence-corrected chi connectivity index (χ3v) is 5.33. The summed E-state index contributed by atoms with van der Waals surface area (Å²) in [5.41, 5.74) is 3.20. The van der Waals surface area contributed by atoms with Crippen LogP contribution in [-0.4, -0.2) is 53.2 Å². The molecule has 4 heterocycles. The van der Waals surface area contributed by atoms with Gasteiger partial charge in [-0.15, -0.1) is 0 Å². The molecular formula is C20H23N7. The Kier molecular flexibility index (Phi) is 4.09. The van der Waals surface area contributed by atoms with Gasteiger partial charge in [0.2, 0.25) is 0 Å². The van der Waals surface area contributed by atoms with E-state index in [1.54, 1.807) is 6.20 Å². The third-order valence-electron chi connectivity index (χ3n) is 5.33. The average Bonchev–Trinajstić information content (AvgIpc) is 3.58. The van der Waals surface area contributed by atoms with Crippen LogP contribution in [0.5, 0.6) is 0 Å². The zero-order chi connectivity index (χ0) is 18.2. The van der Waals surface area contributed by atoms with Gasteiger partial charge in [0.05, 0.1) is 11.7 Å². The number of aromatic nitrogens is 4. The van der Waals surface area contributed by atoms with E-state index in [1.807, 2.05) is 31.6 Å². The van der Waals surface area contributed by atoms with Crippen molar-refractivity contribution in [2.24, 2.45) is 0 Å². The number of nitrogens with zero attached hydrogens (tertiary/aromatic N) is 5. The van der Waals surface area contributed by atoms with Crippen molar-refractivity contribution in [2.45, 2.75) is 18.8 Å². The summed E-state index contributed by atoms with van der Waals surface area (Å²) in [6.07, 6.45) is 8.15. The molecule has 7 heteroatoms. The molecule has 3 aromatic heterocycles. The molecule has 7 nitrogen and oxygen atoms in total. The maximum absolute atomic E-state index is 5.04. The summed E-state index contributed by atoms with van der Waals surface area (Å²) in [7, 11) is 1.87. The quantitative estimate of drug-likeness (QED) is 0.739. The summed E-state index contributed by atoms with van der Waals surface area (Å²) < 4.78 is 0. The van der Waals surface area contributed by atoms with E-state index < -0.39 is 0 Å². The van der Waals surface area contributed by atoms with Crippen LogP contribution in [-0.2, 0) is 0 Å². The van der Waals surface area contributed by atoms with Crippen molar-refractivity contribution < 1.29 is 0 Å². The minimum absolute atomic E-state index is 0.606. The maximum Gasteiger partial charge on any atom is 0.162 e. The Hall–Kier alpha value is -2.80. The molecule has 0 aromatic carbocycles. The van der Waals surface area contributed by atoms with Crippen LogP contribution in [0, 0.1) is 0 Å². The molecule has 1 aliphatic heterocycles. The summed E-state index contributed by atoms with van der Waals surface area (Å²) in [5.74, 6) is 3.19. The molecule has 1 saturated carbocycles. The van der Waals surface area contributed by atoms with Crippen LogP contribution < -0.4 is 15.5 Å². The van der Waals surface area contributed by atoms with Crippen molar-refractivity contribution in [1.82, 2.24) is 25.3 Å². The molecule has 2 fully saturated rings. The Balaban J connectivity index is 1.71. The van der Waals surface area contributed by atoms with Crippen LogP contribution in [0.15, 0.2) is 30.7 Å². The largest absolute Gasteiger partial charge is 0.373 e. The number of rotatable bonds is 4. The molecule has 0 unspecified atom stereocenters. The summed E-state index contributed by atoms with van der Waals surface area (Å²) in [6.45, 7) is 3.86. The highest BCUT2D eigenvalue weighted by atomic mass is 15.2. The van der Waals surface area contributed by atoms with Crippen LogP contribution in [0.25, 0.3) is 22.3 Å². The van der Waals surface area contributed by atoms with Crippen molar-refractivity contribution >= 4 is 22.5 Å². The Morgan fingerprint density at radius 3 is 2.78 bits per heavy atom. The number of hydrogen-bond acceptors (Lipinski definition) is 7. The first-order chi connectivity index (χ1) is 13.3. The van der Waals surface area contributed by atoms with Crippen LogP contribution >= 0.6 is 0 Å². The number of nitrogens with one attached hydrogen (secondary N) is 2. The van der Waals surface area contributed by atoms with Gasteiger partial charge in [-0.1, -0.05) is 0 Å². The van der Waals surface area contributed by atoms with E-state index in [4.69, 9.17) is 9.97 Å². The molecule has 0 spiro atoms. The lowest BCUT2D eigenvalue weighted by atomic mass is 10.1. The second-order valence-corrected chi connectivity index (χ2v) is 7.18. The normalized spacial score (nSPS) is 17.3. The van der Waals surface area contributed by atoms with Crippen molar-refractivity contribution in [1.29, 1.82) is 0 Å². The van der Waals surface area contributed by atoms with Crippen LogP contribution in [0.2, 0.25) is 0 Å². The molecule has 0 bridgehead atoms. The SMILES string of the molecule is CNc1cc(-c2nc(N3CCNCC3)c3c(C4CC4)cncc3n2)ccn1. The summed E-state index contributed by atoms with van der Waals surface area (Å²) in [6, 6.07) is 3.95. The topological polar surface area (TPSA) is 78.9 Å². The van der Waals surface area contributed by atoms with E-state index in [2.05, 4.69) is 25.5 Å². The van der Waals surface area contributed by atoms with Gasteiger partial charge in [0.15, 0.2) is 5.82 Å². The van der Waals surface area contributed by atoms with E-state index in [0.29, 0.717) is 5.92 Å². The zero-order valence-corrected chi connectivity index (χ0v) is 15.4. The van der Waals surface area contributed by atoms with Gasteiger partial charge in [0.25, 0.3) is 0 Å². The van der Waals surface area contributed by atoms with Gasteiger partial charge in [0, 0.05) is 56.6 Å². The van der Waals surface area contributed by atoms with Crippen molar-refractivity contribution in [3.63, 3.8) is 0 Å². The van der Waals surface area contributed by atoms with E-state index in [1.165, 1.54) is 23.8 Å². The molecular weight excluding hydrogens is 338 g/mol. The molecule has 5 rings (SSSR count). The van der Waals surface area contributed by atoms with Crippen molar-refractivity contribution in [2.75, 3.05) is 43.4 Å². The summed E-state index contributed by atoms with van der Waals surface area (Å²) in [5, 5.41) is 7.70. The summed E-state index contributed by atoms with van der Waals surface area (Å²) in [4.78, 5) is 21.1. The Morgan fingerprint density at radius 2 is 2.00 bits per heavy atom. The molecule has 0 amide bonds. The molecule has 138 valence electrons. The molecule has 1 aliphatic carbocycles. The minimum atomic E-state index is 0.606. The highest BCUT2D eigenvalue weighted by Crippen LogP contribution is 2.44. The highest BCUT2D eigenvalue weighted by Gasteiger charge is 2.29. The second-order valence-electron chi connectivity index (χ2n) is 7.18. The molecule has 0 atom stereocenters. The van der Waals surface area contributed by atoms with Gasteiger partial charge >= 0.3 is 0 Å². The number of piperazine rings is 1. The fourth-order valence-corrected chi connectivity index (χ4v) is 3.73. The zero-order valence-electron chi connectivity index (χ0n) is 15.4. The first-order valence-corrected chi connectivity index (χ1v) is 9.59. The van der Waals surface area contributed by atoms with E-state index >= 15 is 0 Å². The van der Waals surface area contributed by atoms with Gasteiger partial charge in [-0.2, -0.15) is 0 Å². The van der Waals surface area contributed by atoms with Crippen molar-refractivity contribution in [3.8, 4) is 11.4 Å². The number of anilines is 2.